The minimum atomic E-state index is -4.34. The Morgan fingerprint density at radius 3 is 2.46 bits per heavy atom. The van der Waals surface area contributed by atoms with Crippen molar-refractivity contribution in [3.8, 4) is 0 Å². The van der Waals surface area contributed by atoms with E-state index < -0.39 is 11.7 Å². The number of rotatable bonds is 4. The Labute approximate surface area is 170 Å². The monoisotopic (exact) mass is 416 g/mol. The maximum absolute atomic E-state index is 13.1. The van der Waals surface area contributed by atoms with Crippen LogP contribution >= 0.6 is 12.4 Å². The molecule has 7 heteroatoms. The fourth-order valence-corrected chi connectivity index (χ4v) is 5.22. The summed E-state index contributed by atoms with van der Waals surface area (Å²) in [5, 5.41) is 6.45. The van der Waals surface area contributed by atoms with Crippen LogP contribution in [0.3, 0.4) is 0 Å². The van der Waals surface area contributed by atoms with E-state index in [9.17, 15) is 18.0 Å². The maximum atomic E-state index is 13.1. The fourth-order valence-electron chi connectivity index (χ4n) is 5.22. The van der Waals surface area contributed by atoms with E-state index in [-0.39, 0.29) is 35.1 Å². The summed E-state index contributed by atoms with van der Waals surface area (Å²) in [4.78, 5) is 12.7. The predicted molar refractivity (Wildman–Crippen MR) is 104 cm³/mol. The topological polar surface area (TPSA) is 41.1 Å². The second-order valence-corrected chi connectivity index (χ2v) is 8.65. The molecule has 1 unspecified atom stereocenters. The Kier molecular flexibility index (Phi) is 6.02. The van der Waals surface area contributed by atoms with Gasteiger partial charge in [-0.05, 0) is 62.2 Å². The number of amides is 1. The minimum Gasteiger partial charge on any atom is -0.355 e. The highest BCUT2D eigenvalue weighted by Crippen LogP contribution is 2.58. The van der Waals surface area contributed by atoms with E-state index >= 15 is 0 Å². The average Bonchev–Trinajstić information content (AvgIpc) is 3.13. The third kappa shape index (κ3) is 4.04. The number of halogens is 4. The van der Waals surface area contributed by atoms with Crippen LogP contribution in [0.25, 0.3) is 0 Å². The van der Waals surface area contributed by atoms with Crippen LogP contribution in [0.5, 0.6) is 0 Å². The highest BCUT2D eigenvalue weighted by atomic mass is 35.5. The zero-order chi connectivity index (χ0) is 19.1. The van der Waals surface area contributed by atoms with Gasteiger partial charge in [0.05, 0.1) is 5.56 Å². The minimum absolute atomic E-state index is 0. The Morgan fingerprint density at radius 1 is 1.14 bits per heavy atom. The summed E-state index contributed by atoms with van der Waals surface area (Å²) < 4.78 is 39.4. The van der Waals surface area contributed by atoms with Crippen molar-refractivity contribution in [3.63, 3.8) is 0 Å². The molecule has 3 nitrogen and oxygen atoms in total. The number of carbonyl (C=O) groups is 1. The van der Waals surface area contributed by atoms with Crippen LogP contribution in [0.4, 0.5) is 13.2 Å². The number of benzene rings is 1. The van der Waals surface area contributed by atoms with Crippen molar-refractivity contribution in [2.45, 2.75) is 56.5 Å². The Balaban J connectivity index is 0.00000225. The molecule has 28 heavy (non-hydrogen) atoms. The lowest BCUT2D eigenvalue weighted by Crippen LogP contribution is -2.41. The summed E-state index contributed by atoms with van der Waals surface area (Å²) >= 11 is 0. The quantitative estimate of drug-likeness (QED) is 0.761. The molecule has 3 aliphatic rings. The van der Waals surface area contributed by atoms with E-state index in [0.29, 0.717) is 12.1 Å². The van der Waals surface area contributed by atoms with Crippen LogP contribution in [0, 0.1) is 11.3 Å². The van der Waals surface area contributed by atoms with Gasteiger partial charge >= 0.3 is 6.18 Å². The van der Waals surface area contributed by atoms with E-state index in [1.165, 1.54) is 12.1 Å². The van der Waals surface area contributed by atoms with Crippen LogP contribution in [-0.4, -0.2) is 25.5 Å². The molecular weight excluding hydrogens is 389 g/mol. The van der Waals surface area contributed by atoms with Crippen molar-refractivity contribution < 1.29 is 18.0 Å². The molecule has 1 heterocycles. The maximum Gasteiger partial charge on any atom is 0.416 e. The molecule has 0 bridgehead atoms. The standard InChI is InChI=1S/C21H27F3N2O.ClH/c22-21(23,24)16-5-3-4-15(12-16)20(6-1-2-7-20)14-26-18(27)17-13-19(17)8-10-25-11-9-19;/h3-5,12,17,25H,1-2,6-11,13-14H2,(H,26,27);1H. The molecule has 1 spiro atoms. The van der Waals surface area contributed by atoms with Crippen molar-refractivity contribution in [3.05, 3.63) is 35.4 Å². The Bertz CT molecular complexity index is 710. The average molecular weight is 417 g/mol. The lowest BCUT2D eigenvalue weighted by atomic mass is 9.78. The van der Waals surface area contributed by atoms with Crippen molar-refractivity contribution in [1.82, 2.24) is 10.6 Å². The molecule has 1 aromatic carbocycles. The van der Waals surface area contributed by atoms with Crippen molar-refractivity contribution >= 4 is 18.3 Å². The summed E-state index contributed by atoms with van der Waals surface area (Å²) in [5.41, 5.74) is -0.0856. The second-order valence-electron chi connectivity index (χ2n) is 8.65. The molecule has 1 amide bonds. The first kappa shape index (κ1) is 21.4. The number of hydrogen-bond acceptors (Lipinski definition) is 2. The van der Waals surface area contributed by atoms with Crippen molar-refractivity contribution in [1.29, 1.82) is 0 Å². The van der Waals surface area contributed by atoms with Gasteiger partial charge in [0.1, 0.15) is 0 Å². The van der Waals surface area contributed by atoms with E-state index in [0.717, 1.165) is 64.1 Å². The zero-order valence-electron chi connectivity index (χ0n) is 15.9. The lowest BCUT2D eigenvalue weighted by molar-refractivity contribution is -0.137. The number of alkyl halides is 3. The van der Waals surface area contributed by atoms with Crippen LogP contribution in [0.2, 0.25) is 0 Å². The summed E-state index contributed by atoms with van der Waals surface area (Å²) in [7, 11) is 0. The first-order chi connectivity index (χ1) is 12.8. The van der Waals surface area contributed by atoms with Crippen LogP contribution in [0.1, 0.15) is 56.1 Å². The van der Waals surface area contributed by atoms with Gasteiger partial charge in [0, 0.05) is 17.9 Å². The predicted octanol–water partition coefficient (Wildman–Crippen LogP) is 4.44. The van der Waals surface area contributed by atoms with E-state index in [2.05, 4.69) is 10.6 Å². The van der Waals surface area contributed by atoms with E-state index in [4.69, 9.17) is 0 Å². The van der Waals surface area contributed by atoms with Crippen LogP contribution in [-0.2, 0) is 16.4 Å². The van der Waals surface area contributed by atoms with Gasteiger partial charge in [-0.2, -0.15) is 13.2 Å². The van der Waals surface area contributed by atoms with Crippen molar-refractivity contribution in [2.75, 3.05) is 19.6 Å². The van der Waals surface area contributed by atoms with Gasteiger partial charge < -0.3 is 10.6 Å². The second kappa shape index (κ2) is 7.86. The number of nitrogens with one attached hydrogen (secondary N) is 2. The van der Waals surface area contributed by atoms with Gasteiger partial charge in [0.2, 0.25) is 5.91 Å². The molecule has 0 aromatic heterocycles. The molecule has 1 aliphatic heterocycles. The Morgan fingerprint density at radius 2 is 1.82 bits per heavy atom. The number of piperidine rings is 1. The van der Waals surface area contributed by atoms with Gasteiger partial charge in [-0.1, -0.05) is 31.0 Å². The SMILES string of the molecule is Cl.O=C(NCC1(c2cccc(C(F)(F)F)c2)CCCC1)C1CC12CCNCC2. The number of hydrogen-bond donors (Lipinski definition) is 2. The molecule has 1 aromatic rings. The van der Waals surface area contributed by atoms with Gasteiger partial charge in [-0.25, -0.2) is 0 Å². The molecule has 3 fully saturated rings. The first-order valence-corrected chi connectivity index (χ1v) is 10.0. The summed E-state index contributed by atoms with van der Waals surface area (Å²) in [6.07, 6.45) is 2.35. The third-order valence-corrected chi connectivity index (χ3v) is 7.07. The van der Waals surface area contributed by atoms with Gasteiger partial charge in [0.15, 0.2) is 0 Å². The highest BCUT2D eigenvalue weighted by molar-refractivity contribution is 5.85. The van der Waals surface area contributed by atoms with Crippen LogP contribution in [0.15, 0.2) is 24.3 Å². The Hall–Kier alpha value is -1.27. The van der Waals surface area contributed by atoms with Gasteiger partial charge in [-0.15, -0.1) is 12.4 Å². The first-order valence-electron chi connectivity index (χ1n) is 10.0. The fraction of sp³-hybridized carbons (Fsp3) is 0.667. The molecule has 2 saturated carbocycles. The van der Waals surface area contributed by atoms with E-state index in [1.807, 2.05) is 0 Å². The van der Waals surface area contributed by atoms with E-state index in [1.54, 1.807) is 6.07 Å². The molecule has 4 rings (SSSR count). The largest absolute Gasteiger partial charge is 0.416 e. The summed E-state index contributed by atoms with van der Waals surface area (Å²) in [6, 6.07) is 5.68. The third-order valence-electron chi connectivity index (χ3n) is 7.07. The molecule has 0 radical (unpaired) electrons. The smallest absolute Gasteiger partial charge is 0.355 e. The summed E-state index contributed by atoms with van der Waals surface area (Å²) in [6.45, 7) is 2.38. The van der Waals surface area contributed by atoms with Crippen molar-refractivity contribution in [2.24, 2.45) is 11.3 Å². The highest BCUT2D eigenvalue weighted by Gasteiger charge is 2.57. The van der Waals surface area contributed by atoms with Crippen LogP contribution < -0.4 is 10.6 Å². The molecule has 2 N–H and O–H groups in total. The molecule has 1 atom stereocenters. The molecule has 1 saturated heterocycles. The number of carbonyl (C=O) groups excluding carboxylic acids is 1. The molecular formula is C21H28ClF3N2O. The normalized spacial score (nSPS) is 25.2. The molecule has 2 aliphatic carbocycles. The molecule has 156 valence electrons. The van der Waals surface area contributed by atoms with Gasteiger partial charge in [-0.3, -0.25) is 4.79 Å². The van der Waals surface area contributed by atoms with Gasteiger partial charge in [0.25, 0.3) is 0 Å². The summed E-state index contributed by atoms with van der Waals surface area (Å²) in [5.74, 6) is 0.176. The lowest BCUT2D eigenvalue weighted by Gasteiger charge is -2.31. The zero-order valence-corrected chi connectivity index (χ0v) is 16.7.